The van der Waals surface area contributed by atoms with Crippen molar-refractivity contribution in [2.45, 2.75) is 0 Å². The maximum atomic E-state index is 10.8. The van der Waals surface area contributed by atoms with Gasteiger partial charge in [-0.2, -0.15) is 9.97 Å². The van der Waals surface area contributed by atoms with Gasteiger partial charge in [-0.25, -0.2) is 0 Å². The topological polar surface area (TPSA) is 113 Å². The lowest BCUT2D eigenvalue weighted by atomic mass is 10.3. The zero-order valence-corrected chi connectivity index (χ0v) is 13.7. The van der Waals surface area contributed by atoms with E-state index in [0.717, 1.165) is 0 Å². The molecule has 0 spiro atoms. The molecule has 0 fully saturated rings. The third-order valence-corrected chi connectivity index (χ3v) is 3.48. The van der Waals surface area contributed by atoms with Crippen LogP contribution < -0.4 is 15.2 Å². The van der Waals surface area contributed by atoms with Gasteiger partial charge in [0.1, 0.15) is 0 Å². The molecule has 0 saturated carbocycles. The van der Waals surface area contributed by atoms with Gasteiger partial charge in [0.05, 0.1) is 27.0 Å². The van der Waals surface area contributed by atoms with E-state index in [4.69, 9.17) is 15.2 Å². The van der Waals surface area contributed by atoms with Gasteiger partial charge < -0.3 is 15.2 Å². The number of halogens is 2. The van der Waals surface area contributed by atoms with E-state index in [-0.39, 0.29) is 23.4 Å². The number of rotatable bonds is 4. The van der Waals surface area contributed by atoms with Gasteiger partial charge in [0.15, 0.2) is 5.75 Å². The second kappa shape index (κ2) is 6.22. The molecule has 0 saturated heterocycles. The largest absolute Gasteiger partial charge is 0.481 e. The summed E-state index contributed by atoms with van der Waals surface area (Å²) in [6.07, 6.45) is 0. The van der Waals surface area contributed by atoms with Crippen LogP contribution in [-0.2, 0) is 0 Å². The second-order valence-electron chi connectivity index (χ2n) is 3.70. The first kappa shape index (κ1) is 15.4. The molecule has 0 aliphatic heterocycles. The van der Waals surface area contributed by atoms with Gasteiger partial charge in [-0.15, -0.1) is 0 Å². The summed E-state index contributed by atoms with van der Waals surface area (Å²) < 4.78 is 11.3. The molecule has 0 atom stereocenters. The van der Waals surface area contributed by atoms with Gasteiger partial charge in [-0.05, 0) is 31.9 Å². The predicted octanol–water partition coefficient (Wildman–Crippen LogP) is 3.29. The van der Waals surface area contributed by atoms with Crippen LogP contribution in [0, 0.1) is 10.1 Å². The maximum Gasteiger partial charge on any atom is 0.271 e. The molecule has 8 nitrogen and oxygen atoms in total. The SMILES string of the molecule is COc1cc(Oc2c(Br)cc([N+](=O)[O-])cc2Br)nc(N)n1. The Morgan fingerprint density at radius 2 is 1.76 bits per heavy atom. The molecule has 110 valence electrons. The van der Waals surface area contributed by atoms with E-state index < -0.39 is 4.92 Å². The van der Waals surface area contributed by atoms with Crippen LogP contribution in [0.4, 0.5) is 11.6 Å². The highest BCUT2D eigenvalue weighted by atomic mass is 79.9. The fourth-order valence-electron chi connectivity index (χ4n) is 1.43. The lowest BCUT2D eigenvalue weighted by Crippen LogP contribution is -2.00. The maximum absolute atomic E-state index is 10.8. The number of hydrogen-bond donors (Lipinski definition) is 1. The molecule has 2 aromatic rings. The van der Waals surface area contributed by atoms with Crippen molar-refractivity contribution >= 4 is 43.5 Å². The molecule has 1 aromatic carbocycles. The molecule has 1 heterocycles. The number of nitro groups is 1. The molecule has 0 aliphatic carbocycles. The van der Waals surface area contributed by atoms with Crippen LogP contribution in [0.1, 0.15) is 0 Å². The number of methoxy groups -OCH3 is 1. The van der Waals surface area contributed by atoms with Crippen molar-refractivity contribution in [3.8, 4) is 17.5 Å². The zero-order chi connectivity index (χ0) is 15.6. The van der Waals surface area contributed by atoms with Crippen molar-refractivity contribution in [1.82, 2.24) is 9.97 Å². The average Bonchev–Trinajstić information content (AvgIpc) is 2.41. The summed E-state index contributed by atoms with van der Waals surface area (Å²) in [5, 5.41) is 10.8. The Hall–Kier alpha value is -1.94. The van der Waals surface area contributed by atoms with Gasteiger partial charge in [0.2, 0.25) is 17.7 Å². The van der Waals surface area contributed by atoms with E-state index >= 15 is 0 Å². The normalized spacial score (nSPS) is 10.2. The third kappa shape index (κ3) is 3.58. The highest BCUT2D eigenvalue weighted by Crippen LogP contribution is 2.39. The van der Waals surface area contributed by atoms with Crippen molar-refractivity contribution in [1.29, 1.82) is 0 Å². The minimum absolute atomic E-state index is 0.0153. The van der Waals surface area contributed by atoms with Gasteiger partial charge in [-0.1, -0.05) is 0 Å². The summed E-state index contributed by atoms with van der Waals surface area (Å²) in [5.74, 6) is 0.695. The smallest absolute Gasteiger partial charge is 0.271 e. The van der Waals surface area contributed by atoms with Crippen molar-refractivity contribution in [3.05, 3.63) is 37.3 Å². The van der Waals surface area contributed by atoms with Crippen LogP contribution in [0.3, 0.4) is 0 Å². The number of non-ortho nitro benzene ring substituents is 1. The van der Waals surface area contributed by atoms with Crippen LogP contribution in [0.15, 0.2) is 27.1 Å². The molecule has 1 aromatic heterocycles. The van der Waals surface area contributed by atoms with Gasteiger partial charge in [0.25, 0.3) is 5.69 Å². The molecule has 21 heavy (non-hydrogen) atoms. The minimum atomic E-state index is -0.509. The van der Waals surface area contributed by atoms with Crippen molar-refractivity contribution in [2.24, 2.45) is 0 Å². The molecular formula is C11H8Br2N4O4. The van der Waals surface area contributed by atoms with Gasteiger partial charge in [0, 0.05) is 12.1 Å². The summed E-state index contributed by atoms with van der Waals surface area (Å²) >= 11 is 6.43. The van der Waals surface area contributed by atoms with E-state index in [2.05, 4.69) is 41.8 Å². The van der Waals surface area contributed by atoms with Crippen LogP contribution in [-0.4, -0.2) is 22.0 Å². The lowest BCUT2D eigenvalue weighted by molar-refractivity contribution is -0.385. The molecule has 10 heteroatoms. The summed E-state index contributed by atoms with van der Waals surface area (Å²) in [5.41, 5.74) is 5.45. The standard InChI is InChI=1S/C11H8Br2N4O4/c1-20-8-4-9(16-11(14)15-8)21-10-6(12)2-5(17(18)19)3-7(10)13/h2-4H,1H3,(H2,14,15,16). The third-order valence-electron chi connectivity index (χ3n) is 2.31. The molecule has 0 bridgehead atoms. The molecule has 2 rings (SSSR count). The number of benzene rings is 1. The van der Waals surface area contributed by atoms with E-state index in [1.54, 1.807) is 0 Å². The number of aromatic nitrogens is 2. The van der Waals surface area contributed by atoms with Gasteiger partial charge >= 0.3 is 0 Å². The van der Waals surface area contributed by atoms with Crippen molar-refractivity contribution in [2.75, 3.05) is 12.8 Å². The first-order valence-electron chi connectivity index (χ1n) is 5.40. The number of ether oxygens (including phenoxy) is 2. The Balaban J connectivity index is 2.40. The van der Waals surface area contributed by atoms with Crippen LogP contribution >= 0.6 is 31.9 Å². The van der Waals surface area contributed by atoms with Crippen molar-refractivity contribution in [3.63, 3.8) is 0 Å². The number of nitrogens with zero attached hydrogens (tertiary/aromatic N) is 3. The number of nitrogens with two attached hydrogens (primary N) is 1. The Labute approximate surface area is 135 Å². The number of anilines is 1. The first-order valence-corrected chi connectivity index (χ1v) is 6.99. The molecule has 2 N–H and O–H groups in total. The van der Waals surface area contributed by atoms with E-state index in [1.807, 2.05) is 0 Å². The summed E-state index contributed by atoms with van der Waals surface area (Å²) in [6, 6.07) is 4.08. The summed E-state index contributed by atoms with van der Waals surface area (Å²) in [7, 11) is 1.43. The van der Waals surface area contributed by atoms with Gasteiger partial charge in [-0.3, -0.25) is 10.1 Å². The van der Waals surface area contributed by atoms with Crippen LogP contribution in [0.2, 0.25) is 0 Å². The van der Waals surface area contributed by atoms with E-state index in [1.165, 1.54) is 25.3 Å². The molecule has 0 radical (unpaired) electrons. The fourth-order valence-corrected chi connectivity index (χ4v) is 2.76. The zero-order valence-electron chi connectivity index (χ0n) is 10.5. The Bertz CT molecular complexity index is 688. The quantitative estimate of drug-likeness (QED) is 0.597. The van der Waals surface area contributed by atoms with Crippen molar-refractivity contribution < 1.29 is 14.4 Å². The Morgan fingerprint density at radius 1 is 1.19 bits per heavy atom. The number of nitro benzene ring substituents is 1. The lowest BCUT2D eigenvalue weighted by Gasteiger charge is -2.10. The predicted molar refractivity (Wildman–Crippen MR) is 81.6 cm³/mol. The Kier molecular flexibility index (Phi) is 4.58. The van der Waals surface area contributed by atoms with Crippen LogP contribution in [0.5, 0.6) is 17.5 Å². The highest BCUT2D eigenvalue weighted by Gasteiger charge is 2.17. The monoisotopic (exact) mass is 418 g/mol. The number of hydrogen-bond acceptors (Lipinski definition) is 7. The molecule has 0 amide bonds. The molecule has 0 aliphatic rings. The highest BCUT2D eigenvalue weighted by molar-refractivity contribution is 9.11. The second-order valence-corrected chi connectivity index (χ2v) is 5.41. The first-order chi connectivity index (χ1) is 9.90. The Morgan fingerprint density at radius 3 is 2.29 bits per heavy atom. The average molecular weight is 420 g/mol. The van der Waals surface area contributed by atoms with E-state index in [0.29, 0.717) is 14.7 Å². The molecule has 0 unspecified atom stereocenters. The fraction of sp³-hybridized carbons (Fsp3) is 0.0909. The summed E-state index contributed by atoms with van der Waals surface area (Å²) in [4.78, 5) is 18.0. The van der Waals surface area contributed by atoms with Crippen LogP contribution in [0.25, 0.3) is 0 Å². The summed E-state index contributed by atoms with van der Waals surface area (Å²) in [6.45, 7) is 0. The van der Waals surface area contributed by atoms with E-state index in [9.17, 15) is 10.1 Å². The number of nitrogen functional groups attached to an aromatic ring is 1. The minimum Gasteiger partial charge on any atom is -0.481 e. The molecular weight excluding hydrogens is 412 g/mol.